The van der Waals surface area contributed by atoms with E-state index in [4.69, 9.17) is 14.5 Å². The van der Waals surface area contributed by atoms with Crippen LogP contribution in [0.2, 0.25) is 0 Å². The second-order valence-corrected chi connectivity index (χ2v) is 9.21. The summed E-state index contributed by atoms with van der Waals surface area (Å²) in [5.74, 6) is 2.10. The van der Waals surface area contributed by atoms with Gasteiger partial charge in [-0.2, -0.15) is 0 Å². The zero-order valence-corrected chi connectivity index (χ0v) is 20.6. The van der Waals surface area contributed by atoms with Gasteiger partial charge in [-0.3, -0.25) is 10.1 Å². The van der Waals surface area contributed by atoms with Gasteiger partial charge in [-0.1, -0.05) is 38.8 Å². The minimum absolute atomic E-state index is 0.00887. The second kappa shape index (κ2) is 11.1. The molecule has 0 N–H and O–H groups in total. The zero-order valence-electron chi connectivity index (χ0n) is 19.8. The molecular formula is C25H31N3O4S. The first-order chi connectivity index (χ1) is 15.8. The first kappa shape index (κ1) is 24.5. The maximum atomic E-state index is 11.5. The lowest BCUT2D eigenvalue weighted by Crippen LogP contribution is -2.20. The lowest BCUT2D eigenvalue weighted by molar-refractivity contribution is -0.384. The molecule has 1 aromatic heterocycles. The van der Waals surface area contributed by atoms with Gasteiger partial charge in [0.05, 0.1) is 24.8 Å². The summed E-state index contributed by atoms with van der Waals surface area (Å²) in [6.45, 7) is 6.62. The van der Waals surface area contributed by atoms with E-state index >= 15 is 0 Å². The lowest BCUT2D eigenvalue weighted by atomic mass is 10.0. The van der Waals surface area contributed by atoms with E-state index in [1.165, 1.54) is 17.4 Å². The highest BCUT2D eigenvalue weighted by Crippen LogP contribution is 2.36. The van der Waals surface area contributed by atoms with Crippen LogP contribution in [0, 0.1) is 16.0 Å². The summed E-state index contributed by atoms with van der Waals surface area (Å²) in [5, 5.41) is 13.6. The van der Waals surface area contributed by atoms with Crippen molar-refractivity contribution in [3.8, 4) is 22.8 Å². The maximum absolute atomic E-state index is 11.5. The quantitative estimate of drug-likeness (QED) is 0.243. The number of hydrogen-bond acceptors (Lipinski definition) is 6. The highest BCUT2D eigenvalue weighted by atomic mass is 32.1. The minimum Gasteiger partial charge on any atom is -0.497 e. The van der Waals surface area contributed by atoms with Crippen LogP contribution in [-0.2, 0) is 0 Å². The van der Waals surface area contributed by atoms with Crippen molar-refractivity contribution in [2.24, 2.45) is 10.9 Å². The minimum atomic E-state index is -0.394. The molecule has 8 heteroatoms. The van der Waals surface area contributed by atoms with Crippen molar-refractivity contribution in [3.05, 3.63) is 62.8 Å². The van der Waals surface area contributed by atoms with Crippen molar-refractivity contribution in [1.82, 2.24) is 4.57 Å². The number of hydrogen-bond donors (Lipinski definition) is 0. The maximum Gasteiger partial charge on any atom is 0.294 e. The number of aromatic nitrogens is 1. The van der Waals surface area contributed by atoms with E-state index in [1.807, 2.05) is 23.6 Å². The third-order valence-corrected chi connectivity index (χ3v) is 6.40. The van der Waals surface area contributed by atoms with Crippen LogP contribution in [0.25, 0.3) is 11.3 Å². The average molecular weight is 470 g/mol. The Morgan fingerprint density at radius 2 is 1.85 bits per heavy atom. The number of nitrogens with zero attached hydrogens (tertiary/aromatic N) is 3. The third-order valence-electron chi connectivity index (χ3n) is 5.56. The number of methoxy groups -OCH3 is 2. The van der Waals surface area contributed by atoms with Gasteiger partial charge >= 0.3 is 0 Å². The first-order valence-corrected chi connectivity index (χ1v) is 11.9. The molecule has 2 aromatic carbocycles. The van der Waals surface area contributed by atoms with Gasteiger partial charge in [0.1, 0.15) is 17.2 Å². The van der Waals surface area contributed by atoms with E-state index in [2.05, 4.69) is 25.3 Å². The van der Waals surface area contributed by atoms with Crippen LogP contribution >= 0.6 is 11.3 Å². The standard InChI is InChI=1S/C25H31N3O4S/c1-17(2)9-8-10-18(3)27-23(20-15-19(31-4)13-14-24(20)32-5)16-33-25(27)26-21-11-6-7-12-22(21)28(29)30/h6-7,11-18H,8-10H2,1-5H3. The number of para-hydroxylation sites is 2. The van der Waals surface area contributed by atoms with Gasteiger partial charge in [0.2, 0.25) is 0 Å². The summed E-state index contributed by atoms with van der Waals surface area (Å²) in [5.41, 5.74) is 2.18. The van der Waals surface area contributed by atoms with Crippen LogP contribution in [-0.4, -0.2) is 23.7 Å². The molecular weight excluding hydrogens is 438 g/mol. The highest BCUT2D eigenvalue weighted by molar-refractivity contribution is 7.07. The van der Waals surface area contributed by atoms with Crippen molar-refractivity contribution < 1.29 is 14.4 Å². The summed E-state index contributed by atoms with van der Waals surface area (Å²) in [7, 11) is 3.28. The molecule has 3 rings (SSSR count). The Balaban J connectivity index is 2.19. The monoisotopic (exact) mass is 469 g/mol. The zero-order chi connectivity index (χ0) is 24.0. The Morgan fingerprint density at radius 1 is 1.09 bits per heavy atom. The van der Waals surface area contributed by atoms with Crippen LogP contribution in [0.1, 0.15) is 46.1 Å². The fourth-order valence-corrected chi connectivity index (χ4v) is 4.81. The van der Waals surface area contributed by atoms with Gasteiger partial charge in [-0.05, 0) is 43.5 Å². The number of nitro benzene ring substituents is 1. The molecule has 0 spiro atoms. The van der Waals surface area contributed by atoms with Gasteiger partial charge in [0, 0.05) is 23.1 Å². The molecule has 0 saturated heterocycles. The molecule has 0 aliphatic rings. The van der Waals surface area contributed by atoms with E-state index in [9.17, 15) is 10.1 Å². The van der Waals surface area contributed by atoms with Gasteiger partial charge in [-0.15, -0.1) is 11.3 Å². The number of benzene rings is 2. The predicted molar refractivity (Wildman–Crippen MR) is 133 cm³/mol. The number of rotatable bonds is 10. The van der Waals surface area contributed by atoms with Crippen molar-refractivity contribution in [3.63, 3.8) is 0 Å². The second-order valence-electron chi connectivity index (χ2n) is 8.37. The van der Waals surface area contributed by atoms with Gasteiger partial charge < -0.3 is 14.0 Å². The summed E-state index contributed by atoms with van der Waals surface area (Å²) < 4.78 is 13.3. The fourth-order valence-electron chi connectivity index (χ4n) is 3.81. The van der Waals surface area contributed by atoms with E-state index < -0.39 is 4.92 Å². The highest BCUT2D eigenvalue weighted by Gasteiger charge is 2.19. The van der Waals surface area contributed by atoms with Crippen LogP contribution in [0.3, 0.4) is 0 Å². The van der Waals surface area contributed by atoms with E-state index in [1.54, 1.807) is 32.4 Å². The molecule has 33 heavy (non-hydrogen) atoms. The van der Waals surface area contributed by atoms with Gasteiger partial charge in [0.15, 0.2) is 4.80 Å². The Bertz CT molecular complexity index is 1170. The molecule has 1 heterocycles. The summed E-state index contributed by atoms with van der Waals surface area (Å²) in [6, 6.07) is 12.4. The SMILES string of the molecule is COc1ccc(OC)c(-c2csc(=Nc3ccccc3[N+](=O)[O-])n2C(C)CCCC(C)C)c1. The largest absolute Gasteiger partial charge is 0.497 e. The number of nitro groups is 1. The topological polar surface area (TPSA) is 78.9 Å². The molecule has 0 bridgehead atoms. The molecule has 0 aliphatic carbocycles. The molecule has 1 unspecified atom stereocenters. The Kier molecular flexibility index (Phi) is 8.27. The normalized spacial score (nSPS) is 12.7. The van der Waals surface area contributed by atoms with Crippen molar-refractivity contribution in [2.75, 3.05) is 14.2 Å². The molecule has 3 aromatic rings. The van der Waals surface area contributed by atoms with Crippen molar-refractivity contribution in [1.29, 1.82) is 0 Å². The smallest absolute Gasteiger partial charge is 0.294 e. The molecule has 0 aliphatic heterocycles. The van der Waals surface area contributed by atoms with Crippen LogP contribution < -0.4 is 14.3 Å². The first-order valence-electron chi connectivity index (χ1n) is 11.1. The molecule has 0 saturated carbocycles. The Morgan fingerprint density at radius 3 is 2.52 bits per heavy atom. The molecule has 7 nitrogen and oxygen atoms in total. The Labute approximate surface area is 198 Å². The van der Waals surface area contributed by atoms with Crippen molar-refractivity contribution >= 4 is 22.7 Å². The molecule has 0 radical (unpaired) electrons. The van der Waals surface area contributed by atoms with Crippen LogP contribution in [0.15, 0.2) is 52.8 Å². The van der Waals surface area contributed by atoms with E-state index in [0.29, 0.717) is 16.4 Å². The fraction of sp³-hybridized carbons (Fsp3) is 0.400. The predicted octanol–water partition coefficient (Wildman–Crippen LogP) is 6.76. The van der Waals surface area contributed by atoms with Crippen LogP contribution in [0.4, 0.5) is 11.4 Å². The summed E-state index contributed by atoms with van der Waals surface area (Å²) in [4.78, 5) is 16.6. The number of thiazole rings is 1. The van der Waals surface area contributed by atoms with E-state index in [-0.39, 0.29) is 11.7 Å². The molecule has 0 amide bonds. The molecule has 176 valence electrons. The van der Waals surface area contributed by atoms with Crippen molar-refractivity contribution in [2.45, 2.75) is 46.1 Å². The van der Waals surface area contributed by atoms with Gasteiger partial charge in [0.25, 0.3) is 5.69 Å². The number of ether oxygens (including phenoxy) is 2. The average Bonchev–Trinajstić information content (AvgIpc) is 3.21. The molecule has 0 fully saturated rings. The Hall–Kier alpha value is -3.13. The van der Waals surface area contributed by atoms with E-state index in [0.717, 1.165) is 42.0 Å². The van der Waals surface area contributed by atoms with Gasteiger partial charge in [-0.25, -0.2) is 4.99 Å². The molecule has 1 atom stereocenters. The lowest BCUT2D eigenvalue weighted by Gasteiger charge is -2.19. The van der Waals surface area contributed by atoms with Crippen LogP contribution in [0.5, 0.6) is 11.5 Å². The summed E-state index contributed by atoms with van der Waals surface area (Å²) in [6.07, 6.45) is 3.20. The third kappa shape index (κ3) is 5.82. The summed E-state index contributed by atoms with van der Waals surface area (Å²) >= 11 is 1.46.